The van der Waals surface area contributed by atoms with Crippen LogP contribution in [0.5, 0.6) is 0 Å². The number of imide groups is 1. The van der Waals surface area contributed by atoms with E-state index in [1.165, 1.54) is 17.1 Å². The second kappa shape index (κ2) is 13.4. The maximum Gasteiger partial charge on any atom is 0.253 e. The fourth-order valence-corrected chi connectivity index (χ4v) is 4.80. The van der Waals surface area contributed by atoms with Gasteiger partial charge in [0, 0.05) is 76.8 Å². The van der Waals surface area contributed by atoms with Gasteiger partial charge in [-0.25, -0.2) is 0 Å². The van der Waals surface area contributed by atoms with Gasteiger partial charge < -0.3 is 16.0 Å². The molecule has 2 fully saturated rings. The quantitative estimate of drug-likeness (QED) is 0.287. The second-order valence-electron chi connectivity index (χ2n) is 9.38. The molecule has 1 saturated heterocycles. The summed E-state index contributed by atoms with van der Waals surface area (Å²) in [5.41, 5.74) is 0. The number of carbonyl (C=O) groups is 4. The highest BCUT2D eigenvalue weighted by Crippen LogP contribution is 2.30. The zero-order chi connectivity index (χ0) is 23.5. The van der Waals surface area contributed by atoms with Crippen LogP contribution in [0.1, 0.15) is 51.4 Å². The SMILES string of the molecule is O=C(CCCCCNC(=O)C1CCC(CN2C(=O)C=CC2=O)CC1)NCCN1CCNCC1. The molecule has 1 aliphatic carbocycles. The third-order valence-electron chi connectivity index (χ3n) is 6.90. The van der Waals surface area contributed by atoms with Crippen molar-refractivity contribution in [2.24, 2.45) is 11.8 Å². The molecule has 0 radical (unpaired) electrons. The number of hydrogen-bond donors (Lipinski definition) is 3. The fourth-order valence-electron chi connectivity index (χ4n) is 4.80. The van der Waals surface area contributed by atoms with Crippen molar-refractivity contribution in [3.8, 4) is 0 Å². The first-order valence-corrected chi connectivity index (χ1v) is 12.5. The van der Waals surface area contributed by atoms with Crippen LogP contribution in [0.4, 0.5) is 0 Å². The van der Waals surface area contributed by atoms with Crippen LogP contribution in [0.3, 0.4) is 0 Å². The zero-order valence-electron chi connectivity index (χ0n) is 19.7. The predicted octanol–water partition coefficient (Wildman–Crippen LogP) is 0.416. The average Bonchev–Trinajstić information content (AvgIpc) is 3.14. The van der Waals surface area contributed by atoms with Gasteiger partial charge in [0.1, 0.15) is 0 Å². The van der Waals surface area contributed by atoms with Crippen LogP contribution in [0, 0.1) is 11.8 Å². The lowest BCUT2D eigenvalue weighted by atomic mass is 9.81. The van der Waals surface area contributed by atoms with Crippen LogP contribution in [-0.2, 0) is 19.2 Å². The summed E-state index contributed by atoms with van der Waals surface area (Å²) in [4.78, 5) is 51.4. The standard InChI is InChI=1S/C24H39N5O4/c30-21(26-14-17-28-15-12-25-13-16-28)4-2-1-3-11-27-24(33)20-7-5-19(6-8-20)18-29-22(31)9-10-23(29)32/h9-10,19-20,25H,1-8,11-18H2,(H,26,30)(H,27,33). The summed E-state index contributed by atoms with van der Waals surface area (Å²) < 4.78 is 0. The Hall–Kier alpha value is -2.26. The topological polar surface area (TPSA) is 111 Å². The number of nitrogens with one attached hydrogen (secondary N) is 3. The number of rotatable bonds is 12. The minimum absolute atomic E-state index is 0.0193. The predicted molar refractivity (Wildman–Crippen MR) is 125 cm³/mol. The summed E-state index contributed by atoms with van der Waals surface area (Å²) in [5.74, 6) is 0.0592. The van der Waals surface area contributed by atoms with Crippen LogP contribution < -0.4 is 16.0 Å². The van der Waals surface area contributed by atoms with Crippen LogP contribution in [0.15, 0.2) is 12.2 Å². The maximum atomic E-state index is 12.4. The molecule has 0 bridgehead atoms. The van der Waals surface area contributed by atoms with Crippen LogP contribution in [0.2, 0.25) is 0 Å². The highest BCUT2D eigenvalue weighted by Gasteiger charge is 2.31. The average molecular weight is 462 g/mol. The van der Waals surface area contributed by atoms with Gasteiger partial charge in [-0.05, 0) is 44.4 Å². The van der Waals surface area contributed by atoms with E-state index in [1.54, 1.807) is 0 Å². The monoisotopic (exact) mass is 461 g/mol. The molecule has 1 saturated carbocycles. The van der Waals surface area contributed by atoms with Gasteiger partial charge in [-0.3, -0.25) is 29.0 Å². The first kappa shape index (κ1) is 25.4. The Morgan fingerprint density at radius 2 is 1.61 bits per heavy atom. The number of hydrogen-bond acceptors (Lipinski definition) is 6. The summed E-state index contributed by atoms with van der Waals surface area (Å²) in [6.45, 7) is 6.85. The van der Waals surface area contributed by atoms with Gasteiger partial charge in [0.2, 0.25) is 11.8 Å². The molecule has 0 aromatic heterocycles. The van der Waals surface area contributed by atoms with Gasteiger partial charge in [0.05, 0.1) is 0 Å². The molecule has 9 heteroatoms. The summed E-state index contributed by atoms with van der Waals surface area (Å²) in [6, 6.07) is 0. The first-order valence-electron chi connectivity index (χ1n) is 12.5. The molecule has 0 atom stereocenters. The van der Waals surface area contributed by atoms with Crippen molar-refractivity contribution in [3.63, 3.8) is 0 Å². The minimum atomic E-state index is -0.229. The van der Waals surface area contributed by atoms with Gasteiger partial charge in [0.15, 0.2) is 0 Å². The Morgan fingerprint density at radius 1 is 0.909 bits per heavy atom. The van der Waals surface area contributed by atoms with E-state index in [4.69, 9.17) is 0 Å². The van der Waals surface area contributed by atoms with Crippen molar-refractivity contribution in [2.45, 2.75) is 51.4 Å². The molecule has 33 heavy (non-hydrogen) atoms. The smallest absolute Gasteiger partial charge is 0.253 e. The van der Waals surface area contributed by atoms with Gasteiger partial charge >= 0.3 is 0 Å². The number of unbranched alkanes of at least 4 members (excludes halogenated alkanes) is 2. The lowest BCUT2D eigenvalue weighted by molar-refractivity contribution is -0.138. The molecule has 3 aliphatic rings. The van der Waals surface area contributed by atoms with Crippen molar-refractivity contribution in [3.05, 3.63) is 12.2 Å². The van der Waals surface area contributed by atoms with Gasteiger partial charge in [-0.2, -0.15) is 0 Å². The molecule has 3 rings (SSSR count). The van der Waals surface area contributed by atoms with E-state index in [1.807, 2.05) is 0 Å². The van der Waals surface area contributed by atoms with Crippen molar-refractivity contribution in [2.75, 3.05) is 52.4 Å². The molecular formula is C24H39N5O4. The largest absolute Gasteiger partial charge is 0.356 e. The molecule has 3 N–H and O–H groups in total. The Bertz CT molecular complexity index is 694. The number of piperazine rings is 1. The Kier molecular flexibility index (Phi) is 10.3. The molecule has 2 heterocycles. The summed E-state index contributed by atoms with van der Waals surface area (Å²) >= 11 is 0. The third kappa shape index (κ3) is 8.55. The molecule has 184 valence electrons. The van der Waals surface area contributed by atoms with E-state index >= 15 is 0 Å². The van der Waals surface area contributed by atoms with Crippen LogP contribution in [-0.4, -0.2) is 85.8 Å². The van der Waals surface area contributed by atoms with E-state index in [0.29, 0.717) is 26.1 Å². The summed E-state index contributed by atoms with van der Waals surface area (Å²) in [6.07, 6.45) is 9.14. The van der Waals surface area contributed by atoms with Crippen LogP contribution >= 0.6 is 0 Å². The third-order valence-corrected chi connectivity index (χ3v) is 6.90. The molecule has 0 aromatic carbocycles. The highest BCUT2D eigenvalue weighted by molar-refractivity contribution is 6.12. The van der Waals surface area contributed by atoms with Crippen molar-refractivity contribution < 1.29 is 19.2 Å². The molecule has 4 amide bonds. The molecule has 9 nitrogen and oxygen atoms in total. The lowest BCUT2D eigenvalue weighted by Gasteiger charge is -2.30. The van der Waals surface area contributed by atoms with E-state index in [0.717, 1.165) is 77.7 Å². The summed E-state index contributed by atoms with van der Waals surface area (Å²) in [7, 11) is 0. The first-order chi connectivity index (χ1) is 16.0. The molecule has 0 aromatic rings. The van der Waals surface area contributed by atoms with E-state index in [2.05, 4.69) is 20.9 Å². The number of carbonyl (C=O) groups excluding carboxylic acids is 4. The molecule has 0 spiro atoms. The summed E-state index contributed by atoms with van der Waals surface area (Å²) in [5, 5.41) is 9.35. The second-order valence-corrected chi connectivity index (χ2v) is 9.38. The maximum absolute atomic E-state index is 12.4. The van der Waals surface area contributed by atoms with Crippen LogP contribution in [0.25, 0.3) is 0 Å². The van der Waals surface area contributed by atoms with Gasteiger partial charge in [-0.15, -0.1) is 0 Å². The van der Waals surface area contributed by atoms with Gasteiger partial charge in [0.25, 0.3) is 11.8 Å². The molecular weight excluding hydrogens is 422 g/mol. The minimum Gasteiger partial charge on any atom is -0.356 e. The van der Waals surface area contributed by atoms with Crippen molar-refractivity contribution in [1.82, 2.24) is 25.8 Å². The zero-order valence-corrected chi connectivity index (χ0v) is 19.7. The lowest BCUT2D eigenvalue weighted by Crippen LogP contribution is -2.46. The highest BCUT2D eigenvalue weighted by atomic mass is 16.2. The van der Waals surface area contributed by atoms with E-state index < -0.39 is 0 Å². The number of nitrogens with zero attached hydrogens (tertiary/aromatic N) is 2. The Labute approximate surface area is 196 Å². The van der Waals surface area contributed by atoms with E-state index in [9.17, 15) is 19.2 Å². The normalized spacial score (nSPS) is 23.7. The van der Waals surface area contributed by atoms with Crippen molar-refractivity contribution in [1.29, 1.82) is 0 Å². The molecule has 2 aliphatic heterocycles. The van der Waals surface area contributed by atoms with Gasteiger partial charge in [-0.1, -0.05) is 6.42 Å². The molecule has 0 unspecified atom stereocenters. The van der Waals surface area contributed by atoms with Crippen molar-refractivity contribution >= 4 is 23.6 Å². The Morgan fingerprint density at radius 3 is 2.30 bits per heavy atom. The number of amides is 4. The fraction of sp³-hybridized carbons (Fsp3) is 0.750. The van der Waals surface area contributed by atoms with E-state index in [-0.39, 0.29) is 35.5 Å². The Balaban J connectivity index is 1.16.